The van der Waals surface area contributed by atoms with Gasteiger partial charge in [0.1, 0.15) is 11.3 Å². The van der Waals surface area contributed by atoms with Gasteiger partial charge in [0.05, 0.1) is 5.02 Å². The lowest BCUT2D eigenvalue weighted by molar-refractivity contribution is -0.118. The molecule has 0 aliphatic carbocycles. The third-order valence-corrected chi connectivity index (χ3v) is 3.86. The van der Waals surface area contributed by atoms with Gasteiger partial charge in [0.15, 0.2) is 6.61 Å². The van der Waals surface area contributed by atoms with E-state index in [1.165, 1.54) is 6.92 Å². The summed E-state index contributed by atoms with van der Waals surface area (Å²) in [5.41, 5.74) is 1.87. The maximum Gasteiger partial charge on any atom is 0.262 e. The van der Waals surface area contributed by atoms with E-state index in [4.69, 9.17) is 16.3 Å². The molecule has 0 fully saturated rings. The number of hydrogen-bond acceptors (Lipinski definition) is 4. The molecule has 3 aromatic rings. The van der Waals surface area contributed by atoms with Crippen molar-refractivity contribution in [2.45, 2.75) is 6.92 Å². The van der Waals surface area contributed by atoms with Crippen LogP contribution in [0.2, 0.25) is 5.02 Å². The summed E-state index contributed by atoms with van der Waals surface area (Å²) in [6.07, 6.45) is 1.64. The van der Waals surface area contributed by atoms with Crippen molar-refractivity contribution in [1.29, 1.82) is 0 Å². The highest BCUT2D eigenvalue weighted by molar-refractivity contribution is 6.35. The number of carbonyl (C=O) groups excluding carboxylic acids is 2. The third-order valence-electron chi connectivity index (χ3n) is 3.53. The minimum absolute atomic E-state index is 0.154. The van der Waals surface area contributed by atoms with Crippen LogP contribution in [-0.4, -0.2) is 23.4 Å². The van der Waals surface area contributed by atoms with Gasteiger partial charge in [-0.1, -0.05) is 11.6 Å². The Bertz CT molecular complexity index is 958. The van der Waals surface area contributed by atoms with Crippen molar-refractivity contribution in [2.24, 2.45) is 0 Å². The second-order valence-electron chi connectivity index (χ2n) is 5.54. The zero-order chi connectivity index (χ0) is 18.5. The third kappa shape index (κ3) is 4.29. The van der Waals surface area contributed by atoms with Crippen LogP contribution in [0.15, 0.2) is 54.7 Å². The molecule has 1 heterocycles. The van der Waals surface area contributed by atoms with Gasteiger partial charge < -0.3 is 15.4 Å². The molecule has 0 aliphatic rings. The van der Waals surface area contributed by atoms with Crippen LogP contribution in [0.5, 0.6) is 5.75 Å². The predicted octanol–water partition coefficient (Wildman–Crippen LogP) is 3.86. The largest absolute Gasteiger partial charge is 0.481 e. The molecule has 0 unspecified atom stereocenters. The molecule has 2 amide bonds. The number of halogens is 1. The van der Waals surface area contributed by atoms with Crippen molar-refractivity contribution in [3.05, 3.63) is 59.8 Å². The fourth-order valence-electron chi connectivity index (χ4n) is 2.41. The van der Waals surface area contributed by atoms with E-state index in [2.05, 4.69) is 15.6 Å². The van der Waals surface area contributed by atoms with Crippen molar-refractivity contribution >= 4 is 45.7 Å². The van der Waals surface area contributed by atoms with E-state index in [-0.39, 0.29) is 18.4 Å². The molecule has 1 aromatic heterocycles. The highest BCUT2D eigenvalue weighted by atomic mass is 35.5. The average molecular weight is 370 g/mol. The molecule has 0 bridgehead atoms. The number of nitrogens with zero attached hydrogens (tertiary/aromatic N) is 1. The Morgan fingerprint density at radius 1 is 1.04 bits per heavy atom. The van der Waals surface area contributed by atoms with E-state index in [1.54, 1.807) is 48.7 Å². The molecular weight excluding hydrogens is 354 g/mol. The smallest absolute Gasteiger partial charge is 0.262 e. The Morgan fingerprint density at radius 3 is 2.42 bits per heavy atom. The Hall–Kier alpha value is -3.12. The molecule has 2 aromatic carbocycles. The molecule has 0 radical (unpaired) electrons. The summed E-state index contributed by atoms with van der Waals surface area (Å²) >= 11 is 6.14. The van der Waals surface area contributed by atoms with E-state index in [1.807, 2.05) is 6.07 Å². The van der Waals surface area contributed by atoms with Crippen LogP contribution in [0.1, 0.15) is 6.92 Å². The van der Waals surface area contributed by atoms with Crippen molar-refractivity contribution in [1.82, 2.24) is 4.98 Å². The average Bonchev–Trinajstić information content (AvgIpc) is 2.63. The summed E-state index contributed by atoms with van der Waals surface area (Å²) in [7, 11) is 0. The molecule has 6 nitrogen and oxygen atoms in total. The number of benzene rings is 2. The summed E-state index contributed by atoms with van der Waals surface area (Å²) in [6, 6.07) is 13.8. The van der Waals surface area contributed by atoms with Gasteiger partial charge in [-0.3, -0.25) is 14.6 Å². The molecule has 132 valence electrons. The van der Waals surface area contributed by atoms with E-state index in [0.29, 0.717) is 27.7 Å². The lowest BCUT2D eigenvalue weighted by Gasteiger charge is -2.10. The first kappa shape index (κ1) is 17.7. The molecule has 0 aliphatic heterocycles. The number of ether oxygens (including phenoxy) is 1. The number of nitrogens with one attached hydrogen (secondary N) is 2. The second kappa shape index (κ2) is 7.84. The molecule has 3 rings (SSSR count). The number of rotatable bonds is 5. The molecule has 2 N–H and O–H groups in total. The van der Waals surface area contributed by atoms with Crippen LogP contribution in [-0.2, 0) is 9.59 Å². The molecule has 0 spiro atoms. The number of carbonyl (C=O) groups is 2. The van der Waals surface area contributed by atoms with Crippen LogP contribution in [0.3, 0.4) is 0 Å². The monoisotopic (exact) mass is 369 g/mol. The number of pyridine rings is 1. The van der Waals surface area contributed by atoms with Gasteiger partial charge >= 0.3 is 0 Å². The highest BCUT2D eigenvalue weighted by Gasteiger charge is 2.09. The number of fused-ring (bicyclic) bond motifs is 1. The lowest BCUT2D eigenvalue weighted by atomic mass is 10.2. The first-order valence-corrected chi connectivity index (χ1v) is 8.24. The van der Waals surface area contributed by atoms with E-state index < -0.39 is 0 Å². The van der Waals surface area contributed by atoms with Crippen LogP contribution in [0.4, 0.5) is 11.4 Å². The summed E-state index contributed by atoms with van der Waals surface area (Å²) in [5.74, 6) is 0.0245. The van der Waals surface area contributed by atoms with Gasteiger partial charge in [-0.05, 0) is 48.5 Å². The standard InChI is InChI=1S/C19H16ClN3O3/c1-12(24)22-13-4-6-14(7-5-13)23-18(25)11-26-17-9-8-16(20)15-3-2-10-21-19(15)17/h2-10H,11H2,1H3,(H,22,24)(H,23,25). The van der Waals surface area contributed by atoms with Crippen LogP contribution in [0.25, 0.3) is 10.9 Å². The summed E-state index contributed by atoms with van der Waals surface area (Å²) < 4.78 is 5.59. The summed E-state index contributed by atoms with van der Waals surface area (Å²) in [6.45, 7) is 1.27. The van der Waals surface area contributed by atoms with Crippen molar-refractivity contribution in [3.63, 3.8) is 0 Å². The number of hydrogen-bond donors (Lipinski definition) is 2. The van der Waals surface area contributed by atoms with Gasteiger partial charge in [-0.2, -0.15) is 0 Å². The lowest BCUT2D eigenvalue weighted by Crippen LogP contribution is -2.20. The minimum atomic E-state index is -0.309. The van der Waals surface area contributed by atoms with Gasteiger partial charge in [-0.25, -0.2) is 0 Å². The molecule has 0 saturated carbocycles. The summed E-state index contributed by atoms with van der Waals surface area (Å²) in [5, 5.41) is 6.73. The van der Waals surface area contributed by atoms with Crippen molar-refractivity contribution < 1.29 is 14.3 Å². The Kier molecular flexibility index (Phi) is 5.34. The van der Waals surface area contributed by atoms with E-state index in [0.717, 1.165) is 5.39 Å². The fraction of sp³-hybridized carbons (Fsp3) is 0.105. The van der Waals surface area contributed by atoms with Crippen LogP contribution >= 0.6 is 11.6 Å². The number of anilines is 2. The SMILES string of the molecule is CC(=O)Nc1ccc(NC(=O)COc2ccc(Cl)c3cccnc23)cc1. The quantitative estimate of drug-likeness (QED) is 0.715. The fourth-order valence-corrected chi connectivity index (χ4v) is 2.62. The van der Waals surface area contributed by atoms with Crippen molar-refractivity contribution in [3.8, 4) is 5.75 Å². The van der Waals surface area contributed by atoms with Gasteiger partial charge in [0.25, 0.3) is 5.91 Å². The molecule has 7 heteroatoms. The van der Waals surface area contributed by atoms with Gasteiger partial charge in [-0.15, -0.1) is 0 Å². The Balaban J connectivity index is 1.63. The zero-order valence-corrected chi connectivity index (χ0v) is 14.7. The first-order valence-electron chi connectivity index (χ1n) is 7.86. The molecular formula is C19H16ClN3O3. The second-order valence-corrected chi connectivity index (χ2v) is 5.95. The normalized spacial score (nSPS) is 10.4. The predicted molar refractivity (Wildman–Crippen MR) is 102 cm³/mol. The number of amides is 2. The summed E-state index contributed by atoms with van der Waals surface area (Å²) in [4.78, 5) is 27.4. The number of aromatic nitrogens is 1. The molecule has 0 atom stereocenters. The highest BCUT2D eigenvalue weighted by Crippen LogP contribution is 2.29. The van der Waals surface area contributed by atoms with E-state index >= 15 is 0 Å². The Labute approximate surface area is 155 Å². The van der Waals surface area contributed by atoms with Crippen molar-refractivity contribution in [2.75, 3.05) is 17.2 Å². The maximum absolute atomic E-state index is 12.1. The Morgan fingerprint density at radius 2 is 1.73 bits per heavy atom. The molecule has 0 saturated heterocycles. The van der Waals surface area contributed by atoms with Crippen LogP contribution < -0.4 is 15.4 Å². The maximum atomic E-state index is 12.1. The van der Waals surface area contributed by atoms with Gasteiger partial charge in [0.2, 0.25) is 5.91 Å². The minimum Gasteiger partial charge on any atom is -0.481 e. The topological polar surface area (TPSA) is 80.3 Å². The first-order chi connectivity index (χ1) is 12.5. The molecule has 26 heavy (non-hydrogen) atoms. The van der Waals surface area contributed by atoms with Gasteiger partial charge in [0, 0.05) is 29.9 Å². The van der Waals surface area contributed by atoms with Crippen LogP contribution in [0, 0.1) is 0 Å². The van der Waals surface area contributed by atoms with E-state index in [9.17, 15) is 9.59 Å². The zero-order valence-electron chi connectivity index (χ0n) is 14.0.